The number of nitrogens with zero attached hydrogens (tertiary/aromatic N) is 2. The first-order valence-corrected chi connectivity index (χ1v) is 7.05. The van der Waals surface area contributed by atoms with Gasteiger partial charge < -0.3 is 15.4 Å². The molecule has 0 amide bonds. The van der Waals surface area contributed by atoms with Gasteiger partial charge in [-0.05, 0) is 26.0 Å². The molecule has 0 aliphatic heterocycles. The monoisotopic (exact) mass is 300 g/mol. The number of hydrogen-bond acceptors (Lipinski definition) is 6. The lowest BCUT2D eigenvalue weighted by atomic mass is 10.1. The number of Topliss-reactive ketones (excluding diaryl/α,β-unsaturated/α-hetero) is 1. The van der Waals surface area contributed by atoms with E-state index in [2.05, 4.69) is 20.6 Å². The largest absolute Gasteiger partial charge is 0.383 e. The van der Waals surface area contributed by atoms with Crippen LogP contribution in [0.5, 0.6) is 0 Å². The Morgan fingerprint density at radius 3 is 2.73 bits per heavy atom. The normalized spacial score (nSPS) is 10.3. The van der Waals surface area contributed by atoms with Crippen LogP contribution in [0.2, 0.25) is 0 Å². The number of aryl methyl sites for hydroxylation is 1. The van der Waals surface area contributed by atoms with Crippen molar-refractivity contribution in [2.24, 2.45) is 0 Å². The van der Waals surface area contributed by atoms with Crippen LogP contribution >= 0.6 is 0 Å². The van der Waals surface area contributed by atoms with Crippen LogP contribution in [0.1, 0.15) is 23.1 Å². The summed E-state index contributed by atoms with van der Waals surface area (Å²) in [5.41, 5.74) is 1.47. The summed E-state index contributed by atoms with van der Waals surface area (Å²) >= 11 is 0. The molecular formula is C16H20N4O2. The topological polar surface area (TPSA) is 76.1 Å². The molecule has 22 heavy (non-hydrogen) atoms. The molecule has 1 heterocycles. The Morgan fingerprint density at radius 1 is 1.23 bits per heavy atom. The highest BCUT2D eigenvalue weighted by Gasteiger charge is 2.04. The first kappa shape index (κ1) is 15.9. The van der Waals surface area contributed by atoms with Crippen molar-refractivity contribution in [3.63, 3.8) is 0 Å². The zero-order valence-electron chi connectivity index (χ0n) is 13.0. The van der Waals surface area contributed by atoms with Crippen molar-refractivity contribution < 1.29 is 9.53 Å². The Kier molecular flexibility index (Phi) is 5.43. The van der Waals surface area contributed by atoms with E-state index < -0.39 is 0 Å². The molecule has 0 spiro atoms. The van der Waals surface area contributed by atoms with E-state index in [0.717, 1.165) is 11.5 Å². The molecule has 0 saturated carbocycles. The fourth-order valence-corrected chi connectivity index (χ4v) is 1.97. The summed E-state index contributed by atoms with van der Waals surface area (Å²) in [5.74, 6) is 2.10. The van der Waals surface area contributed by atoms with Gasteiger partial charge in [-0.15, -0.1) is 0 Å². The minimum Gasteiger partial charge on any atom is -0.383 e. The van der Waals surface area contributed by atoms with Gasteiger partial charge in [-0.1, -0.05) is 12.1 Å². The Morgan fingerprint density at radius 2 is 2.00 bits per heavy atom. The number of rotatable bonds is 7. The molecule has 2 N–H and O–H groups in total. The maximum atomic E-state index is 11.4. The predicted molar refractivity (Wildman–Crippen MR) is 86.9 cm³/mol. The highest BCUT2D eigenvalue weighted by Crippen LogP contribution is 2.18. The minimum absolute atomic E-state index is 0.0319. The Bertz CT molecular complexity index is 658. The highest BCUT2D eigenvalue weighted by molar-refractivity contribution is 5.95. The Labute approximate surface area is 129 Å². The molecule has 1 aromatic carbocycles. The van der Waals surface area contributed by atoms with E-state index in [1.54, 1.807) is 26.2 Å². The zero-order valence-corrected chi connectivity index (χ0v) is 13.0. The minimum atomic E-state index is 0.0319. The molecule has 116 valence electrons. The van der Waals surface area contributed by atoms with Crippen molar-refractivity contribution in [1.82, 2.24) is 9.97 Å². The van der Waals surface area contributed by atoms with E-state index >= 15 is 0 Å². The number of ether oxygens (including phenoxy) is 1. The fraction of sp³-hybridized carbons (Fsp3) is 0.312. The highest BCUT2D eigenvalue weighted by atomic mass is 16.5. The van der Waals surface area contributed by atoms with Crippen molar-refractivity contribution in [1.29, 1.82) is 0 Å². The number of anilines is 3. The van der Waals surface area contributed by atoms with Crippen LogP contribution in [0.15, 0.2) is 30.3 Å². The molecule has 1 aromatic heterocycles. The second kappa shape index (κ2) is 7.51. The number of nitrogens with one attached hydrogen (secondary N) is 2. The molecule has 0 aliphatic rings. The predicted octanol–water partition coefficient (Wildman–Crippen LogP) is 2.79. The molecule has 0 atom stereocenters. The van der Waals surface area contributed by atoms with Crippen LogP contribution in [-0.2, 0) is 4.74 Å². The van der Waals surface area contributed by atoms with Gasteiger partial charge in [-0.3, -0.25) is 4.79 Å². The molecule has 2 aromatic rings. The number of aromatic nitrogens is 2. The van der Waals surface area contributed by atoms with Gasteiger partial charge in [-0.25, -0.2) is 9.97 Å². The van der Waals surface area contributed by atoms with Crippen molar-refractivity contribution in [2.75, 3.05) is 30.9 Å². The summed E-state index contributed by atoms with van der Waals surface area (Å²) in [6.45, 7) is 4.66. The maximum Gasteiger partial charge on any atom is 0.159 e. The molecule has 0 saturated heterocycles. The van der Waals surface area contributed by atoms with E-state index in [4.69, 9.17) is 4.74 Å². The average molecular weight is 300 g/mol. The fourth-order valence-electron chi connectivity index (χ4n) is 1.97. The van der Waals surface area contributed by atoms with Crippen LogP contribution < -0.4 is 10.6 Å². The van der Waals surface area contributed by atoms with Gasteiger partial charge in [0.2, 0.25) is 0 Å². The Balaban J connectivity index is 2.15. The van der Waals surface area contributed by atoms with Crippen LogP contribution in [0.25, 0.3) is 0 Å². The number of carbonyl (C=O) groups excluding carboxylic acids is 1. The van der Waals surface area contributed by atoms with Gasteiger partial charge >= 0.3 is 0 Å². The van der Waals surface area contributed by atoms with Crippen LogP contribution in [0.4, 0.5) is 17.3 Å². The van der Waals surface area contributed by atoms with Gasteiger partial charge in [0.05, 0.1) is 6.61 Å². The van der Waals surface area contributed by atoms with E-state index in [1.165, 1.54) is 0 Å². The lowest BCUT2D eigenvalue weighted by Gasteiger charge is -2.10. The van der Waals surface area contributed by atoms with E-state index in [0.29, 0.717) is 30.4 Å². The molecule has 6 heteroatoms. The average Bonchev–Trinajstić information content (AvgIpc) is 2.47. The molecule has 0 bridgehead atoms. The van der Waals surface area contributed by atoms with E-state index in [-0.39, 0.29) is 5.78 Å². The quantitative estimate of drug-likeness (QED) is 0.605. The second-order valence-corrected chi connectivity index (χ2v) is 4.87. The van der Waals surface area contributed by atoms with Gasteiger partial charge in [0, 0.05) is 31.0 Å². The van der Waals surface area contributed by atoms with Crippen molar-refractivity contribution in [2.45, 2.75) is 13.8 Å². The van der Waals surface area contributed by atoms with Crippen molar-refractivity contribution in [3.05, 3.63) is 41.7 Å². The number of benzene rings is 1. The molecule has 0 radical (unpaired) electrons. The van der Waals surface area contributed by atoms with Crippen LogP contribution in [0.3, 0.4) is 0 Å². The zero-order chi connectivity index (χ0) is 15.9. The first-order valence-electron chi connectivity index (χ1n) is 7.05. The smallest absolute Gasteiger partial charge is 0.159 e. The van der Waals surface area contributed by atoms with Gasteiger partial charge in [0.15, 0.2) is 5.78 Å². The number of hydrogen-bond donors (Lipinski definition) is 2. The van der Waals surface area contributed by atoms with Gasteiger partial charge in [0.1, 0.15) is 17.5 Å². The van der Waals surface area contributed by atoms with Gasteiger partial charge in [0.25, 0.3) is 0 Å². The third kappa shape index (κ3) is 4.53. The van der Waals surface area contributed by atoms with E-state index in [9.17, 15) is 4.79 Å². The second-order valence-electron chi connectivity index (χ2n) is 4.87. The molecule has 0 unspecified atom stereocenters. The third-order valence-electron chi connectivity index (χ3n) is 2.99. The standard InChI is InChI=1S/C16H20N4O2/c1-11(21)13-5-4-6-14(9-13)20-16-10-15(17-7-8-22-3)18-12(2)19-16/h4-6,9-10H,7-8H2,1-3H3,(H2,17,18,19,20). The van der Waals surface area contributed by atoms with Gasteiger partial charge in [-0.2, -0.15) is 0 Å². The molecule has 6 nitrogen and oxygen atoms in total. The first-order chi connectivity index (χ1) is 10.6. The van der Waals surface area contributed by atoms with Crippen LogP contribution in [0, 0.1) is 6.92 Å². The maximum absolute atomic E-state index is 11.4. The summed E-state index contributed by atoms with van der Waals surface area (Å²) in [4.78, 5) is 20.1. The Hall–Kier alpha value is -2.47. The van der Waals surface area contributed by atoms with Crippen LogP contribution in [-0.4, -0.2) is 36.0 Å². The molecule has 0 fully saturated rings. The lowest BCUT2D eigenvalue weighted by molar-refractivity contribution is 0.101. The molecule has 2 rings (SSSR count). The summed E-state index contributed by atoms with van der Waals surface area (Å²) in [7, 11) is 1.65. The summed E-state index contributed by atoms with van der Waals surface area (Å²) in [6.07, 6.45) is 0. The summed E-state index contributed by atoms with van der Waals surface area (Å²) < 4.78 is 5.00. The number of methoxy groups -OCH3 is 1. The summed E-state index contributed by atoms with van der Waals surface area (Å²) in [5, 5.41) is 6.37. The number of carbonyl (C=O) groups is 1. The van der Waals surface area contributed by atoms with Crippen molar-refractivity contribution >= 4 is 23.1 Å². The molecule has 0 aliphatic carbocycles. The SMILES string of the molecule is COCCNc1cc(Nc2cccc(C(C)=O)c2)nc(C)n1. The third-order valence-corrected chi connectivity index (χ3v) is 2.99. The van der Waals surface area contributed by atoms with Crippen molar-refractivity contribution in [3.8, 4) is 0 Å². The number of ketones is 1. The van der Waals surface area contributed by atoms with E-state index in [1.807, 2.05) is 25.1 Å². The lowest BCUT2D eigenvalue weighted by Crippen LogP contribution is -2.10. The summed E-state index contributed by atoms with van der Waals surface area (Å²) in [6, 6.07) is 9.14. The molecular weight excluding hydrogens is 280 g/mol.